The molecule has 0 saturated heterocycles. The molecule has 0 saturated carbocycles. The van der Waals surface area contributed by atoms with E-state index in [0.717, 1.165) is 0 Å². The van der Waals surface area contributed by atoms with E-state index in [-0.39, 0.29) is 5.78 Å². The summed E-state index contributed by atoms with van der Waals surface area (Å²) in [6.07, 6.45) is 0. The van der Waals surface area contributed by atoms with E-state index in [4.69, 9.17) is 5.90 Å². The van der Waals surface area contributed by atoms with Crippen molar-refractivity contribution in [3.63, 3.8) is 0 Å². The molecule has 0 aromatic heterocycles. The average molecular weight is 244 g/mol. The first-order chi connectivity index (χ1) is 7.50. The summed E-state index contributed by atoms with van der Waals surface area (Å²) < 4.78 is 20.4. The van der Waals surface area contributed by atoms with Crippen LogP contribution in [0.1, 0.15) is 17.3 Å². The van der Waals surface area contributed by atoms with Crippen LogP contribution in [0.3, 0.4) is 0 Å². The number of ketones is 1. The molecule has 6 nitrogen and oxygen atoms in total. The molecule has 1 aromatic rings. The number of hydrogen-bond donors (Lipinski definition) is 2. The van der Waals surface area contributed by atoms with Crippen molar-refractivity contribution < 1.29 is 18.5 Å². The van der Waals surface area contributed by atoms with E-state index < -0.39 is 7.75 Å². The van der Waals surface area contributed by atoms with Gasteiger partial charge in [0.15, 0.2) is 5.78 Å². The minimum atomic E-state index is -3.50. The number of carbonyl (C=O) groups excluding carboxylic acids is 1. The van der Waals surface area contributed by atoms with Crippen LogP contribution in [0, 0.1) is 0 Å². The zero-order valence-corrected chi connectivity index (χ0v) is 9.86. The van der Waals surface area contributed by atoms with Crippen LogP contribution in [0.25, 0.3) is 0 Å². The predicted molar refractivity (Wildman–Crippen MR) is 60.0 cm³/mol. The fourth-order valence-corrected chi connectivity index (χ4v) is 1.75. The minimum absolute atomic E-state index is 0.0449. The van der Waals surface area contributed by atoms with Gasteiger partial charge in [0.25, 0.3) is 0 Å². The highest BCUT2D eigenvalue weighted by Gasteiger charge is 2.21. The van der Waals surface area contributed by atoms with Gasteiger partial charge in [-0.3, -0.25) is 14.4 Å². The summed E-state index contributed by atoms with van der Waals surface area (Å²) in [5.74, 6) is 4.79. The van der Waals surface area contributed by atoms with Gasteiger partial charge in [-0.25, -0.2) is 15.1 Å². The van der Waals surface area contributed by atoms with Crippen molar-refractivity contribution >= 4 is 19.2 Å². The van der Waals surface area contributed by atoms with Crippen LogP contribution in [-0.4, -0.2) is 12.9 Å². The van der Waals surface area contributed by atoms with Gasteiger partial charge < -0.3 is 0 Å². The highest BCUT2D eigenvalue weighted by atomic mass is 31.2. The molecule has 1 rings (SSSR count). The number of carbonyl (C=O) groups is 1. The summed E-state index contributed by atoms with van der Waals surface area (Å²) in [6, 6.07) is 6.37. The number of nitrogens with one attached hydrogen (secondary N) is 1. The summed E-state index contributed by atoms with van der Waals surface area (Å²) in [6.45, 7) is 1.46. The summed E-state index contributed by atoms with van der Waals surface area (Å²) >= 11 is 0. The topological polar surface area (TPSA) is 90.6 Å². The molecule has 0 radical (unpaired) electrons. The molecule has 0 heterocycles. The highest BCUT2D eigenvalue weighted by Crippen LogP contribution is 2.44. The van der Waals surface area contributed by atoms with Crippen molar-refractivity contribution in [1.82, 2.24) is 0 Å². The van der Waals surface area contributed by atoms with E-state index in [9.17, 15) is 9.36 Å². The Hall–Kier alpha value is -1.20. The maximum Gasteiger partial charge on any atom is 0.448 e. The lowest BCUT2D eigenvalue weighted by atomic mass is 10.1. The second kappa shape index (κ2) is 5.23. The molecule has 0 aliphatic heterocycles. The van der Waals surface area contributed by atoms with E-state index in [2.05, 4.69) is 14.2 Å². The van der Waals surface area contributed by atoms with Gasteiger partial charge >= 0.3 is 7.75 Å². The summed E-state index contributed by atoms with van der Waals surface area (Å²) in [7, 11) is -2.29. The predicted octanol–water partition coefficient (Wildman–Crippen LogP) is 1.95. The monoisotopic (exact) mass is 244 g/mol. The Bertz CT molecular complexity index is 410. The molecule has 7 heteroatoms. The van der Waals surface area contributed by atoms with Crippen molar-refractivity contribution in [1.29, 1.82) is 0 Å². The Labute approximate surface area is 93.3 Å². The third-order valence-electron chi connectivity index (χ3n) is 1.94. The average Bonchev–Trinajstić information content (AvgIpc) is 2.29. The van der Waals surface area contributed by atoms with E-state index in [1.54, 1.807) is 24.3 Å². The van der Waals surface area contributed by atoms with Gasteiger partial charge in [0, 0.05) is 18.4 Å². The molecule has 3 N–H and O–H groups in total. The van der Waals surface area contributed by atoms with Crippen LogP contribution >= 0.6 is 7.75 Å². The maximum atomic E-state index is 11.6. The van der Waals surface area contributed by atoms with Gasteiger partial charge in [-0.1, -0.05) is 0 Å². The second-order valence-corrected chi connectivity index (χ2v) is 4.83. The molecular formula is C9H13N2O4P. The van der Waals surface area contributed by atoms with E-state index in [0.29, 0.717) is 11.3 Å². The van der Waals surface area contributed by atoms with Crippen molar-refractivity contribution in [3.8, 4) is 0 Å². The summed E-state index contributed by atoms with van der Waals surface area (Å²) in [4.78, 5) is 11.0. The molecule has 0 fully saturated rings. The SMILES string of the molecule is COP(=O)(Nc1ccc(C(C)=O)cc1)ON. The van der Waals surface area contributed by atoms with Gasteiger partial charge in [0.2, 0.25) is 0 Å². The zero-order chi connectivity index (χ0) is 12.2. The number of hydrogen-bond acceptors (Lipinski definition) is 5. The highest BCUT2D eigenvalue weighted by molar-refractivity contribution is 7.55. The molecule has 1 unspecified atom stereocenters. The first-order valence-electron chi connectivity index (χ1n) is 4.44. The Morgan fingerprint density at radius 3 is 2.31 bits per heavy atom. The minimum Gasteiger partial charge on any atom is -0.295 e. The van der Waals surface area contributed by atoms with Crippen molar-refractivity contribution in [2.45, 2.75) is 6.92 Å². The van der Waals surface area contributed by atoms with Gasteiger partial charge in [0.05, 0.1) is 0 Å². The fourth-order valence-electron chi connectivity index (χ4n) is 1.05. The first kappa shape index (κ1) is 12.9. The van der Waals surface area contributed by atoms with Crippen LogP contribution in [0.4, 0.5) is 5.69 Å². The number of nitrogens with two attached hydrogens (primary N) is 1. The second-order valence-electron chi connectivity index (χ2n) is 3.03. The zero-order valence-electron chi connectivity index (χ0n) is 8.97. The third-order valence-corrected chi connectivity index (χ3v) is 3.23. The molecule has 1 atom stereocenters. The Morgan fingerprint density at radius 1 is 1.38 bits per heavy atom. The quantitative estimate of drug-likeness (QED) is 0.467. The Kier molecular flexibility index (Phi) is 4.20. The number of benzene rings is 1. The molecule has 88 valence electrons. The molecule has 0 amide bonds. The smallest absolute Gasteiger partial charge is 0.295 e. The maximum absolute atomic E-state index is 11.6. The van der Waals surface area contributed by atoms with Crippen LogP contribution in [0.15, 0.2) is 24.3 Å². The van der Waals surface area contributed by atoms with Crippen LogP contribution in [0.5, 0.6) is 0 Å². The molecule has 0 bridgehead atoms. The lowest BCUT2D eigenvalue weighted by Gasteiger charge is -2.14. The number of anilines is 1. The summed E-state index contributed by atoms with van der Waals surface area (Å²) in [5.41, 5.74) is 1.05. The van der Waals surface area contributed by atoms with Gasteiger partial charge in [-0.05, 0) is 31.2 Å². The van der Waals surface area contributed by atoms with Crippen LogP contribution in [-0.2, 0) is 13.7 Å². The summed E-state index contributed by atoms with van der Waals surface area (Å²) in [5, 5.41) is 2.50. The Morgan fingerprint density at radius 2 is 1.94 bits per heavy atom. The van der Waals surface area contributed by atoms with Crippen molar-refractivity contribution in [2.75, 3.05) is 12.2 Å². The molecule has 1 aromatic carbocycles. The molecular weight excluding hydrogens is 231 g/mol. The largest absolute Gasteiger partial charge is 0.448 e. The molecule has 0 aliphatic carbocycles. The fraction of sp³-hybridized carbons (Fsp3) is 0.222. The van der Waals surface area contributed by atoms with Gasteiger partial charge in [-0.15, -0.1) is 0 Å². The van der Waals surface area contributed by atoms with Crippen LogP contribution < -0.4 is 11.0 Å². The molecule has 0 aliphatic rings. The molecule has 0 spiro atoms. The van der Waals surface area contributed by atoms with Gasteiger partial charge in [0.1, 0.15) is 0 Å². The van der Waals surface area contributed by atoms with Crippen molar-refractivity contribution in [2.24, 2.45) is 5.90 Å². The molecule has 16 heavy (non-hydrogen) atoms. The lowest BCUT2D eigenvalue weighted by Crippen LogP contribution is -2.07. The third kappa shape index (κ3) is 3.15. The van der Waals surface area contributed by atoms with Crippen LogP contribution in [0.2, 0.25) is 0 Å². The van der Waals surface area contributed by atoms with E-state index >= 15 is 0 Å². The number of rotatable bonds is 5. The lowest BCUT2D eigenvalue weighted by molar-refractivity contribution is 0.101. The normalized spacial score (nSPS) is 14.2. The first-order valence-corrected chi connectivity index (χ1v) is 5.98. The van der Waals surface area contributed by atoms with Crippen molar-refractivity contribution in [3.05, 3.63) is 29.8 Å². The number of Topliss-reactive ketones (excluding diaryl/α,β-unsaturated/α-hetero) is 1. The van der Waals surface area contributed by atoms with E-state index in [1.807, 2.05) is 0 Å². The standard InChI is InChI=1S/C9H13N2O4P/c1-7(12)8-3-5-9(6-4-8)11-16(13,14-2)15-10/h3-6H,10H2,1-2H3,(H,11,13). The van der Waals surface area contributed by atoms with E-state index in [1.165, 1.54) is 14.0 Å². The van der Waals surface area contributed by atoms with Gasteiger partial charge in [-0.2, -0.15) is 0 Å². The Balaban J connectivity index is 2.83.